The number of nitrogens with two attached hydrogens (primary N) is 1. The summed E-state index contributed by atoms with van der Waals surface area (Å²) in [6.45, 7) is 0.313. The van der Waals surface area contributed by atoms with E-state index in [0.29, 0.717) is 25.2 Å². The minimum absolute atomic E-state index is 0.0935. The SMILES string of the molecule is N/C(CCCOc1ccc([N+](=O)[O-])cc1Cl)=N\O. The number of non-ortho nitro benzene ring substituents is 1. The lowest BCUT2D eigenvalue weighted by atomic mass is 10.3. The number of halogens is 1. The van der Waals surface area contributed by atoms with Crippen molar-refractivity contribution in [2.45, 2.75) is 12.8 Å². The number of hydrogen-bond acceptors (Lipinski definition) is 5. The molecule has 1 rings (SSSR count). The van der Waals surface area contributed by atoms with Crippen LogP contribution in [0.25, 0.3) is 0 Å². The molecule has 0 aromatic heterocycles. The molecule has 0 aliphatic heterocycles. The number of oxime groups is 1. The Hall–Kier alpha value is -2.02. The Labute approximate surface area is 108 Å². The van der Waals surface area contributed by atoms with Crippen molar-refractivity contribution in [2.24, 2.45) is 10.9 Å². The number of nitro benzene ring substituents is 1. The van der Waals surface area contributed by atoms with Crippen molar-refractivity contribution >= 4 is 23.1 Å². The number of benzene rings is 1. The Balaban J connectivity index is 2.51. The van der Waals surface area contributed by atoms with Crippen LogP contribution < -0.4 is 10.5 Å². The van der Waals surface area contributed by atoms with Crippen molar-refractivity contribution in [1.82, 2.24) is 0 Å². The first-order valence-electron chi connectivity index (χ1n) is 5.07. The van der Waals surface area contributed by atoms with Crippen LogP contribution in [0.15, 0.2) is 23.4 Å². The number of nitrogens with zero attached hydrogens (tertiary/aromatic N) is 2. The molecule has 8 heteroatoms. The second-order valence-electron chi connectivity index (χ2n) is 3.42. The van der Waals surface area contributed by atoms with Gasteiger partial charge in [-0.2, -0.15) is 0 Å². The maximum Gasteiger partial charge on any atom is 0.271 e. The highest BCUT2D eigenvalue weighted by Gasteiger charge is 2.10. The zero-order chi connectivity index (χ0) is 13.5. The van der Waals surface area contributed by atoms with Gasteiger partial charge in [0.1, 0.15) is 11.6 Å². The Bertz CT molecular complexity index is 464. The molecule has 1 aromatic carbocycles. The molecule has 0 spiro atoms. The highest BCUT2D eigenvalue weighted by molar-refractivity contribution is 6.32. The molecule has 0 fully saturated rings. The summed E-state index contributed by atoms with van der Waals surface area (Å²) in [6.07, 6.45) is 0.935. The third kappa shape index (κ3) is 4.10. The molecule has 7 nitrogen and oxygen atoms in total. The first-order valence-corrected chi connectivity index (χ1v) is 5.45. The standard InChI is InChI=1S/C10H12ClN3O4/c11-8-6-7(14(16)17)3-4-9(8)18-5-1-2-10(12)13-15/h3-4,6,15H,1-2,5H2,(H2,12,13). The van der Waals surface area contributed by atoms with E-state index < -0.39 is 4.92 Å². The zero-order valence-electron chi connectivity index (χ0n) is 9.38. The van der Waals surface area contributed by atoms with E-state index in [4.69, 9.17) is 27.3 Å². The summed E-state index contributed by atoms with van der Waals surface area (Å²) < 4.78 is 5.32. The summed E-state index contributed by atoms with van der Waals surface area (Å²) in [6, 6.07) is 3.97. The van der Waals surface area contributed by atoms with Gasteiger partial charge in [-0.05, 0) is 12.5 Å². The number of nitro groups is 1. The van der Waals surface area contributed by atoms with Crippen LogP contribution in [0.3, 0.4) is 0 Å². The van der Waals surface area contributed by atoms with E-state index >= 15 is 0 Å². The van der Waals surface area contributed by atoms with Gasteiger partial charge in [0, 0.05) is 18.6 Å². The van der Waals surface area contributed by atoms with Crippen molar-refractivity contribution in [1.29, 1.82) is 0 Å². The second-order valence-corrected chi connectivity index (χ2v) is 3.82. The molecule has 0 bridgehead atoms. The lowest BCUT2D eigenvalue weighted by Crippen LogP contribution is -2.12. The predicted octanol–water partition coefficient (Wildman–Crippen LogP) is 2.15. The Morgan fingerprint density at radius 1 is 1.61 bits per heavy atom. The van der Waals surface area contributed by atoms with Crippen LogP contribution >= 0.6 is 11.6 Å². The highest BCUT2D eigenvalue weighted by Crippen LogP contribution is 2.28. The molecule has 0 atom stereocenters. The van der Waals surface area contributed by atoms with E-state index in [1.165, 1.54) is 18.2 Å². The number of rotatable bonds is 6. The number of ether oxygens (including phenoxy) is 1. The molecular formula is C10H12ClN3O4. The molecule has 0 aliphatic carbocycles. The van der Waals surface area contributed by atoms with Crippen molar-refractivity contribution in [3.05, 3.63) is 33.3 Å². The van der Waals surface area contributed by atoms with Gasteiger partial charge in [-0.1, -0.05) is 16.8 Å². The molecule has 0 aliphatic rings. The van der Waals surface area contributed by atoms with E-state index in [-0.39, 0.29) is 16.5 Å². The third-order valence-electron chi connectivity index (χ3n) is 2.09. The molecule has 98 valence electrons. The van der Waals surface area contributed by atoms with E-state index in [9.17, 15) is 10.1 Å². The van der Waals surface area contributed by atoms with Crippen LogP contribution in [-0.4, -0.2) is 22.6 Å². The van der Waals surface area contributed by atoms with Gasteiger partial charge in [0.25, 0.3) is 5.69 Å². The highest BCUT2D eigenvalue weighted by atomic mass is 35.5. The number of amidine groups is 1. The summed E-state index contributed by atoms with van der Waals surface area (Å²) in [5, 5.41) is 21.8. The van der Waals surface area contributed by atoms with Crippen molar-refractivity contribution < 1.29 is 14.9 Å². The van der Waals surface area contributed by atoms with Gasteiger partial charge in [-0.3, -0.25) is 10.1 Å². The van der Waals surface area contributed by atoms with Gasteiger partial charge in [0.2, 0.25) is 0 Å². The van der Waals surface area contributed by atoms with Crippen LogP contribution in [0.4, 0.5) is 5.69 Å². The first kappa shape index (κ1) is 14.0. The van der Waals surface area contributed by atoms with Gasteiger partial charge in [-0.15, -0.1) is 0 Å². The predicted molar refractivity (Wildman–Crippen MR) is 66.2 cm³/mol. The van der Waals surface area contributed by atoms with Crippen LogP contribution in [0.5, 0.6) is 5.75 Å². The maximum atomic E-state index is 10.5. The van der Waals surface area contributed by atoms with Crippen LogP contribution in [-0.2, 0) is 0 Å². The average Bonchev–Trinajstić information content (AvgIpc) is 2.35. The van der Waals surface area contributed by atoms with E-state index in [2.05, 4.69) is 5.16 Å². The molecule has 1 aromatic rings. The van der Waals surface area contributed by atoms with E-state index in [0.717, 1.165) is 0 Å². The van der Waals surface area contributed by atoms with Crippen LogP contribution in [0.2, 0.25) is 5.02 Å². The summed E-state index contributed by atoms with van der Waals surface area (Å²) in [5.74, 6) is 0.482. The van der Waals surface area contributed by atoms with Crippen LogP contribution in [0.1, 0.15) is 12.8 Å². The van der Waals surface area contributed by atoms with Crippen molar-refractivity contribution in [2.75, 3.05) is 6.61 Å². The molecule has 0 saturated heterocycles. The van der Waals surface area contributed by atoms with Gasteiger partial charge in [0.05, 0.1) is 16.6 Å². The number of hydrogen-bond donors (Lipinski definition) is 2. The fourth-order valence-electron chi connectivity index (χ4n) is 1.21. The molecule has 0 heterocycles. The van der Waals surface area contributed by atoms with Gasteiger partial charge < -0.3 is 15.7 Å². The van der Waals surface area contributed by atoms with Crippen molar-refractivity contribution in [3.8, 4) is 5.75 Å². The lowest BCUT2D eigenvalue weighted by Gasteiger charge is -2.07. The Morgan fingerprint density at radius 3 is 2.89 bits per heavy atom. The Morgan fingerprint density at radius 2 is 2.33 bits per heavy atom. The normalized spacial score (nSPS) is 11.3. The molecule has 0 unspecified atom stereocenters. The fraction of sp³-hybridized carbons (Fsp3) is 0.300. The lowest BCUT2D eigenvalue weighted by molar-refractivity contribution is -0.384. The molecule has 0 radical (unpaired) electrons. The second kappa shape index (κ2) is 6.65. The van der Waals surface area contributed by atoms with Gasteiger partial charge in [-0.25, -0.2) is 0 Å². The van der Waals surface area contributed by atoms with Gasteiger partial charge in [0.15, 0.2) is 0 Å². The summed E-state index contributed by atoms with van der Waals surface area (Å²) >= 11 is 5.82. The first-order chi connectivity index (χ1) is 8.54. The molecule has 0 saturated carbocycles. The molecule has 3 N–H and O–H groups in total. The third-order valence-corrected chi connectivity index (χ3v) is 2.38. The topological polar surface area (TPSA) is 111 Å². The summed E-state index contributed by atoms with van der Waals surface area (Å²) in [5.41, 5.74) is 5.19. The molecular weight excluding hydrogens is 262 g/mol. The van der Waals surface area contributed by atoms with Crippen molar-refractivity contribution in [3.63, 3.8) is 0 Å². The molecule has 0 amide bonds. The summed E-state index contributed by atoms with van der Waals surface area (Å²) in [7, 11) is 0. The monoisotopic (exact) mass is 273 g/mol. The van der Waals surface area contributed by atoms with E-state index in [1.807, 2.05) is 0 Å². The van der Waals surface area contributed by atoms with Gasteiger partial charge >= 0.3 is 0 Å². The fourth-order valence-corrected chi connectivity index (χ4v) is 1.44. The Kier molecular flexibility index (Phi) is 5.19. The quantitative estimate of drug-likeness (QED) is 0.206. The zero-order valence-corrected chi connectivity index (χ0v) is 10.1. The minimum Gasteiger partial charge on any atom is -0.492 e. The largest absolute Gasteiger partial charge is 0.492 e. The smallest absolute Gasteiger partial charge is 0.271 e. The molecule has 18 heavy (non-hydrogen) atoms. The van der Waals surface area contributed by atoms with E-state index in [1.54, 1.807) is 0 Å². The summed E-state index contributed by atoms with van der Waals surface area (Å²) in [4.78, 5) is 9.95. The average molecular weight is 274 g/mol. The maximum absolute atomic E-state index is 10.5. The minimum atomic E-state index is -0.534. The van der Waals surface area contributed by atoms with Crippen LogP contribution in [0, 0.1) is 10.1 Å².